The van der Waals surface area contributed by atoms with Gasteiger partial charge in [-0.25, -0.2) is 9.97 Å². The molecule has 1 unspecified atom stereocenters. The minimum absolute atomic E-state index is 0.130. The zero-order chi connectivity index (χ0) is 14.5. The Bertz CT molecular complexity index is 589. The highest BCUT2D eigenvalue weighted by molar-refractivity contribution is 9.10. The minimum atomic E-state index is 0.130. The van der Waals surface area contributed by atoms with E-state index < -0.39 is 0 Å². The molecule has 0 bridgehead atoms. The molecule has 2 aromatic rings. The molecule has 0 spiro atoms. The van der Waals surface area contributed by atoms with Crippen molar-refractivity contribution >= 4 is 33.3 Å². The van der Waals surface area contributed by atoms with Crippen molar-refractivity contribution in [1.29, 1.82) is 0 Å². The van der Waals surface area contributed by atoms with E-state index in [2.05, 4.69) is 45.1 Å². The maximum atomic E-state index is 6.02. The highest BCUT2D eigenvalue weighted by Crippen LogP contribution is 2.22. The van der Waals surface area contributed by atoms with Crippen LogP contribution in [0.5, 0.6) is 0 Å². The van der Waals surface area contributed by atoms with Gasteiger partial charge in [0, 0.05) is 23.6 Å². The Balaban J connectivity index is 2.16. The van der Waals surface area contributed by atoms with Crippen LogP contribution >= 0.6 is 27.5 Å². The van der Waals surface area contributed by atoms with E-state index in [1.807, 2.05) is 30.3 Å². The van der Waals surface area contributed by atoms with Crippen molar-refractivity contribution in [3.63, 3.8) is 0 Å². The molecule has 1 N–H and O–H groups in total. The van der Waals surface area contributed by atoms with Crippen molar-refractivity contribution in [2.45, 2.75) is 32.7 Å². The Morgan fingerprint density at radius 1 is 1.30 bits per heavy atom. The summed E-state index contributed by atoms with van der Waals surface area (Å²) in [5.41, 5.74) is 1.13. The molecule has 0 aliphatic heterocycles. The number of nitrogens with zero attached hydrogens (tertiary/aromatic N) is 2. The third-order valence-electron chi connectivity index (χ3n) is 2.93. The van der Waals surface area contributed by atoms with Crippen LogP contribution in [0.15, 0.2) is 34.9 Å². The highest BCUT2D eigenvalue weighted by atomic mass is 79.9. The number of halogens is 2. The SMILES string of the molecule is CCCc1nc(Br)cc(NC(C)c2cccc(Cl)c2)n1. The van der Waals surface area contributed by atoms with E-state index in [9.17, 15) is 0 Å². The molecular formula is C15H17BrClN3. The molecule has 106 valence electrons. The van der Waals surface area contributed by atoms with Crippen LogP contribution in [0.25, 0.3) is 0 Å². The third kappa shape index (κ3) is 4.18. The summed E-state index contributed by atoms with van der Waals surface area (Å²) in [5.74, 6) is 1.67. The van der Waals surface area contributed by atoms with Gasteiger partial charge in [-0.2, -0.15) is 0 Å². The molecule has 20 heavy (non-hydrogen) atoms. The summed E-state index contributed by atoms with van der Waals surface area (Å²) in [5, 5.41) is 4.13. The summed E-state index contributed by atoms with van der Waals surface area (Å²) in [6.07, 6.45) is 1.90. The molecule has 2 rings (SSSR count). The zero-order valence-corrected chi connectivity index (χ0v) is 13.9. The van der Waals surface area contributed by atoms with Gasteiger partial charge < -0.3 is 5.32 Å². The standard InChI is InChI=1S/C15H17BrClN3/c1-3-5-14-19-13(16)9-15(20-14)18-10(2)11-6-4-7-12(17)8-11/h4,6-10H,3,5H2,1-2H3,(H,18,19,20). The number of benzene rings is 1. The lowest BCUT2D eigenvalue weighted by Crippen LogP contribution is -2.09. The van der Waals surface area contributed by atoms with E-state index in [0.29, 0.717) is 0 Å². The zero-order valence-electron chi connectivity index (χ0n) is 11.5. The van der Waals surface area contributed by atoms with E-state index in [1.165, 1.54) is 0 Å². The topological polar surface area (TPSA) is 37.8 Å². The second kappa shape index (κ2) is 7.04. The largest absolute Gasteiger partial charge is 0.363 e. The van der Waals surface area contributed by atoms with Crippen LogP contribution in [0.4, 0.5) is 5.82 Å². The minimum Gasteiger partial charge on any atom is -0.363 e. The summed E-state index contributed by atoms with van der Waals surface area (Å²) < 4.78 is 0.803. The lowest BCUT2D eigenvalue weighted by Gasteiger charge is -2.16. The van der Waals surface area contributed by atoms with Gasteiger partial charge in [-0.15, -0.1) is 0 Å². The van der Waals surface area contributed by atoms with Crippen LogP contribution in [0.3, 0.4) is 0 Å². The first-order valence-corrected chi connectivity index (χ1v) is 7.81. The van der Waals surface area contributed by atoms with E-state index in [1.54, 1.807) is 0 Å². The van der Waals surface area contributed by atoms with Crippen LogP contribution in [0, 0.1) is 0 Å². The summed E-state index contributed by atoms with van der Waals surface area (Å²) >= 11 is 9.45. The molecule has 0 radical (unpaired) electrons. The Morgan fingerprint density at radius 2 is 2.10 bits per heavy atom. The molecule has 1 aromatic carbocycles. The third-order valence-corrected chi connectivity index (χ3v) is 3.57. The van der Waals surface area contributed by atoms with E-state index in [-0.39, 0.29) is 6.04 Å². The first kappa shape index (κ1) is 15.3. The number of hydrogen-bond acceptors (Lipinski definition) is 3. The molecule has 0 saturated carbocycles. The van der Waals surface area contributed by atoms with Crippen LogP contribution in [0.2, 0.25) is 5.02 Å². The maximum Gasteiger partial charge on any atom is 0.132 e. The summed E-state index contributed by atoms with van der Waals surface area (Å²) in [6, 6.07) is 9.85. The molecule has 1 heterocycles. The number of nitrogens with one attached hydrogen (secondary N) is 1. The lowest BCUT2D eigenvalue weighted by atomic mass is 10.1. The van der Waals surface area contributed by atoms with Gasteiger partial charge in [0.2, 0.25) is 0 Å². The van der Waals surface area contributed by atoms with Crippen molar-refractivity contribution < 1.29 is 0 Å². The quantitative estimate of drug-likeness (QED) is 0.766. The van der Waals surface area contributed by atoms with Crippen LogP contribution in [0.1, 0.15) is 37.7 Å². The highest BCUT2D eigenvalue weighted by Gasteiger charge is 2.08. The Kier molecular flexibility index (Phi) is 5.38. The fourth-order valence-corrected chi connectivity index (χ4v) is 2.58. The van der Waals surface area contributed by atoms with Crippen LogP contribution in [-0.2, 0) is 6.42 Å². The smallest absolute Gasteiger partial charge is 0.132 e. The monoisotopic (exact) mass is 353 g/mol. The molecule has 0 aliphatic carbocycles. The Labute approximate surface area is 132 Å². The van der Waals surface area contributed by atoms with E-state index in [4.69, 9.17) is 11.6 Å². The fraction of sp³-hybridized carbons (Fsp3) is 0.333. The first-order valence-electron chi connectivity index (χ1n) is 6.64. The molecule has 1 atom stereocenters. The molecule has 3 nitrogen and oxygen atoms in total. The van der Waals surface area contributed by atoms with Gasteiger partial charge in [0.05, 0.1) is 0 Å². The molecular weight excluding hydrogens is 338 g/mol. The summed E-state index contributed by atoms with van der Waals surface area (Å²) in [6.45, 7) is 4.20. The normalized spacial score (nSPS) is 12.2. The molecule has 0 fully saturated rings. The van der Waals surface area contributed by atoms with Crippen molar-refractivity contribution in [3.8, 4) is 0 Å². The Morgan fingerprint density at radius 3 is 2.80 bits per heavy atom. The van der Waals surface area contributed by atoms with Crippen molar-refractivity contribution in [2.75, 3.05) is 5.32 Å². The van der Waals surface area contributed by atoms with Crippen molar-refractivity contribution in [3.05, 3.63) is 51.3 Å². The van der Waals surface area contributed by atoms with Crippen LogP contribution < -0.4 is 5.32 Å². The number of anilines is 1. The van der Waals surface area contributed by atoms with E-state index >= 15 is 0 Å². The van der Waals surface area contributed by atoms with Gasteiger partial charge in [-0.05, 0) is 47.0 Å². The number of rotatable bonds is 5. The van der Waals surface area contributed by atoms with Gasteiger partial charge in [-0.1, -0.05) is 30.7 Å². The molecule has 0 aliphatic rings. The lowest BCUT2D eigenvalue weighted by molar-refractivity contribution is 0.814. The maximum absolute atomic E-state index is 6.02. The van der Waals surface area contributed by atoms with Gasteiger partial charge in [0.15, 0.2) is 0 Å². The number of hydrogen-bond donors (Lipinski definition) is 1. The summed E-state index contributed by atoms with van der Waals surface area (Å²) in [7, 11) is 0. The Hall–Kier alpha value is -1.13. The molecule has 1 aromatic heterocycles. The number of aryl methyl sites for hydroxylation is 1. The van der Waals surface area contributed by atoms with Crippen molar-refractivity contribution in [2.24, 2.45) is 0 Å². The molecule has 5 heteroatoms. The average molecular weight is 355 g/mol. The van der Waals surface area contributed by atoms with Gasteiger partial charge in [-0.3, -0.25) is 0 Å². The van der Waals surface area contributed by atoms with Crippen molar-refractivity contribution in [1.82, 2.24) is 9.97 Å². The van der Waals surface area contributed by atoms with Gasteiger partial charge in [0.1, 0.15) is 16.2 Å². The first-order chi connectivity index (χ1) is 9.58. The predicted molar refractivity (Wildman–Crippen MR) is 87.2 cm³/mol. The number of aromatic nitrogens is 2. The summed E-state index contributed by atoms with van der Waals surface area (Å²) in [4.78, 5) is 8.89. The van der Waals surface area contributed by atoms with E-state index in [0.717, 1.165) is 39.7 Å². The van der Waals surface area contributed by atoms with Gasteiger partial charge in [0.25, 0.3) is 0 Å². The second-order valence-electron chi connectivity index (χ2n) is 4.66. The van der Waals surface area contributed by atoms with Crippen LogP contribution in [-0.4, -0.2) is 9.97 Å². The average Bonchev–Trinajstić information content (AvgIpc) is 2.38. The van der Waals surface area contributed by atoms with Gasteiger partial charge >= 0.3 is 0 Å². The fourth-order valence-electron chi connectivity index (χ4n) is 1.96. The predicted octanol–water partition coefficient (Wildman–Crippen LogP) is 5.02. The molecule has 0 amide bonds. The second-order valence-corrected chi connectivity index (χ2v) is 5.91. The molecule has 0 saturated heterocycles.